The number of aryl methyl sites for hydroxylation is 1. The van der Waals surface area contributed by atoms with Crippen LogP contribution in [0.5, 0.6) is 0 Å². The normalized spacial score (nSPS) is 12.8. The van der Waals surface area contributed by atoms with E-state index in [1.54, 1.807) is 0 Å². The van der Waals surface area contributed by atoms with Crippen LogP contribution in [0.2, 0.25) is 0 Å². The molecule has 12 aromatic rings. The fraction of sp³-hybridized carbons (Fsp3) is 0.0308. The second-order valence-corrected chi connectivity index (χ2v) is 18.3. The van der Waals surface area contributed by atoms with Gasteiger partial charge in [-0.3, -0.25) is 0 Å². The van der Waals surface area contributed by atoms with Crippen LogP contribution in [-0.4, -0.2) is 15.0 Å². The van der Waals surface area contributed by atoms with Crippen LogP contribution in [0.4, 0.5) is 0 Å². The molecule has 2 heterocycles. The lowest BCUT2D eigenvalue weighted by Crippen LogP contribution is -2.25. The zero-order valence-corrected chi connectivity index (χ0v) is 37.7. The van der Waals surface area contributed by atoms with Crippen LogP contribution in [0, 0.1) is 6.92 Å². The summed E-state index contributed by atoms with van der Waals surface area (Å²) in [6.45, 7) is 2.09. The first-order valence-corrected chi connectivity index (χ1v) is 23.6. The summed E-state index contributed by atoms with van der Waals surface area (Å²) in [4.78, 5) is 15.5. The molecule has 4 heteroatoms. The Balaban J connectivity index is 0.870. The highest BCUT2D eigenvalue weighted by molar-refractivity contribution is 6.13. The zero-order valence-electron chi connectivity index (χ0n) is 37.7. The van der Waals surface area contributed by atoms with Crippen molar-refractivity contribution < 1.29 is 4.42 Å². The van der Waals surface area contributed by atoms with E-state index in [0.29, 0.717) is 17.5 Å². The molecule has 10 aromatic carbocycles. The molecule has 0 saturated heterocycles. The lowest BCUT2D eigenvalue weighted by molar-refractivity contribution is 0.669. The van der Waals surface area contributed by atoms with Crippen molar-refractivity contribution in [1.82, 2.24) is 15.0 Å². The summed E-state index contributed by atoms with van der Waals surface area (Å²) in [6, 6.07) is 82.8. The molecule has 0 unspecified atom stereocenters. The number of rotatable bonds is 6. The van der Waals surface area contributed by atoms with Gasteiger partial charge in [-0.25, -0.2) is 15.0 Å². The molecule has 2 aromatic heterocycles. The highest BCUT2D eigenvalue weighted by Gasteiger charge is 2.51. The molecule has 0 radical (unpaired) electrons. The monoisotopic (exact) mass is 879 g/mol. The number of aromatic nitrogens is 3. The minimum atomic E-state index is -0.379. The van der Waals surface area contributed by atoms with Crippen LogP contribution in [0.15, 0.2) is 235 Å². The molecule has 1 spiro atoms. The molecular formula is C65H41N3O. The van der Waals surface area contributed by atoms with E-state index in [4.69, 9.17) is 19.4 Å². The van der Waals surface area contributed by atoms with E-state index in [-0.39, 0.29) is 5.41 Å². The molecule has 4 nitrogen and oxygen atoms in total. The van der Waals surface area contributed by atoms with E-state index in [1.807, 2.05) is 18.2 Å². The highest BCUT2D eigenvalue weighted by atomic mass is 16.3. The smallest absolute Gasteiger partial charge is 0.164 e. The number of benzene rings is 10. The summed E-state index contributed by atoms with van der Waals surface area (Å²) in [5, 5.41) is 1.98. The minimum Gasteiger partial charge on any atom is -0.456 e. The van der Waals surface area contributed by atoms with Gasteiger partial charge in [0.2, 0.25) is 0 Å². The third-order valence-corrected chi connectivity index (χ3v) is 14.4. The van der Waals surface area contributed by atoms with E-state index in [9.17, 15) is 0 Å². The van der Waals surface area contributed by atoms with Crippen LogP contribution in [0.1, 0.15) is 27.8 Å². The van der Waals surface area contributed by atoms with Gasteiger partial charge >= 0.3 is 0 Å². The first-order chi connectivity index (χ1) is 34.1. The first-order valence-electron chi connectivity index (χ1n) is 23.6. The second-order valence-electron chi connectivity index (χ2n) is 18.3. The molecule has 2 aliphatic carbocycles. The molecule has 14 rings (SSSR count). The molecular weight excluding hydrogens is 839 g/mol. The van der Waals surface area contributed by atoms with Crippen molar-refractivity contribution in [2.75, 3.05) is 0 Å². The molecule has 2 aliphatic rings. The van der Waals surface area contributed by atoms with Gasteiger partial charge in [0.1, 0.15) is 11.2 Å². The molecule has 69 heavy (non-hydrogen) atoms. The standard InChI is InChI=1S/C65H41N3O/c1-40-14-11-17-47(38-40)63-66-62(45-34-30-42(31-35-45)41-15-3-2-4-16-41)67-64(68-63)52-22-13-27-59-61(52)53-39-46(36-37-58(53)69-59)43-28-32-44(33-29-43)48-21-12-26-57-60(48)51-20-7-10-25-56(51)65(57)54-23-8-5-18-49(54)50-19-6-9-24-55(50)65/h2-39H,1H3. The molecule has 0 aliphatic heterocycles. The molecule has 322 valence electrons. The van der Waals surface area contributed by atoms with Crippen molar-refractivity contribution >= 4 is 21.9 Å². The second kappa shape index (κ2) is 15.3. The topological polar surface area (TPSA) is 51.8 Å². The summed E-state index contributed by atoms with van der Waals surface area (Å²) in [5.74, 6) is 1.83. The lowest BCUT2D eigenvalue weighted by atomic mass is 9.70. The predicted octanol–water partition coefficient (Wildman–Crippen LogP) is 16.4. The Morgan fingerprint density at radius 3 is 1.54 bits per heavy atom. The van der Waals surface area contributed by atoms with Gasteiger partial charge in [-0.15, -0.1) is 0 Å². The van der Waals surface area contributed by atoms with E-state index in [1.165, 1.54) is 55.6 Å². The average Bonchev–Trinajstić information content (AvgIpc) is 4.05. The highest BCUT2D eigenvalue weighted by Crippen LogP contribution is 2.64. The molecule has 0 N–H and O–H groups in total. The van der Waals surface area contributed by atoms with Crippen molar-refractivity contribution in [2.24, 2.45) is 0 Å². The van der Waals surface area contributed by atoms with E-state index in [2.05, 4.69) is 219 Å². The third-order valence-electron chi connectivity index (χ3n) is 14.4. The van der Waals surface area contributed by atoms with Crippen molar-refractivity contribution in [1.29, 1.82) is 0 Å². The zero-order chi connectivity index (χ0) is 45.6. The first kappa shape index (κ1) is 39.2. The summed E-state index contributed by atoms with van der Waals surface area (Å²) in [5.41, 5.74) is 22.7. The van der Waals surface area contributed by atoms with Gasteiger partial charge in [0, 0.05) is 27.5 Å². The lowest BCUT2D eigenvalue weighted by Gasteiger charge is -2.30. The number of hydrogen-bond donors (Lipinski definition) is 0. The number of furan rings is 1. The van der Waals surface area contributed by atoms with Gasteiger partial charge in [0.25, 0.3) is 0 Å². The van der Waals surface area contributed by atoms with Gasteiger partial charge in [-0.1, -0.05) is 212 Å². The maximum atomic E-state index is 6.57. The van der Waals surface area contributed by atoms with E-state index < -0.39 is 0 Å². The Morgan fingerprint density at radius 2 is 0.812 bits per heavy atom. The Kier molecular flexibility index (Phi) is 8.68. The molecule has 0 fully saturated rings. The SMILES string of the molecule is Cc1cccc(-c2nc(-c3ccc(-c4ccccc4)cc3)nc(-c3cccc4oc5ccc(-c6ccc(-c7cccc8c7-c7ccccc7C87c8ccccc8-c8ccccc87)cc6)cc5c34)n2)c1. The van der Waals surface area contributed by atoms with E-state index in [0.717, 1.165) is 66.4 Å². The van der Waals surface area contributed by atoms with Crippen molar-refractivity contribution in [3.63, 3.8) is 0 Å². The largest absolute Gasteiger partial charge is 0.456 e. The van der Waals surface area contributed by atoms with Crippen LogP contribution >= 0.6 is 0 Å². The van der Waals surface area contributed by atoms with Gasteiger partial charge in [0.05, 0.1) is 5.41 Å². The quantitative estimate of drug-likeness (QED) is 0.167. The van der Waals surface area contributed by atoms with Crippen molar-refractivity contribution in [3.05, 3.63) is 258 Å². The van der Waals surface area contributed by atoms with Gasteiger partial charge in [-0.2, -0.15) is 0 Å². The minimum absolute atomic E-state index is 0.379. The Hall–Kier alpha value is -8.99. The number of hydrogen-bond acceptors (Lipinski definition) is 4. The average molecular weight is 880 g/mol. The van der Waals surface area contributed by atoms with Crippen LogP contribution in [-0.2, 0) is 5.41 Å². The Bertz CT molecular complexity index is 3970. The molecule has 0 saturated carbocycles. The van der Waals surface area contributed by atoms with Crippen molar-refractivity contribution in [2.45, 2.75) is 12.3 Å². The van der Waals surface area contributed by atoms with Crippen LogP contribution < -0.4 is 0 Å². The summed E-state index contributed by atoms with van der Waals surface area (Å²) in [6.07, 6.45) is 0. The van der Waals surface area contributed by atoms with Crippen LogP contribution in [0.3, 0.4) is 0 Å². The maximum Gasteiger partial charge on any atom is 0.164 e. The fourth-order valence-electron chi connectivity index (χ4n) is 11.4. The molecule has 0 bridgehead atoms. The van der Waals surface area contributed by atoms with E-state index >= 15 is 0 Å². The molecule has 0 atom stereocenters. The Labute approximate surface area is 399 Å². The fourth-order valence-corrected chi connectivity index (χ4v) is 11.4. The summed E-state index contributed by atoms with van der Waals surface area (Å²) in [7, 11) is 0. The van der Waals surface area contributed by atoms with Gasteiger partial charge in [0.15, 0.2) is 17.5 Å². The molecule has 0 amide bonds. The number of nitrogens with zero attached hydrogens (tertiary/aromatic N) is 3. The predicted molar refractivity (Wildman–Crippen MR) is 281 cm³/mol. The number of fused-ring (bicyclic) bond motifs is 13. The van der Waals surface area contributed by atoms with Crippen molar-refractivity contribution in [3.8, 4) is 89.8 Å². The summed E-state index contributed by atoms with van der Waals surface area (Å²) >= 11 is 0. The maximum absolute atomic E-state index is 6.57. The Morgan fingerprint density at radius 1 is 0.319 bits per heavy atom. The van der Waals surface area contributed by atoms with Gasteiger partial charge < -0.3 is 4.42 Å². The summed E-state index contributed by atoms with van der Waals surface area (Å²) < 4.78 is 6.57. The third kappa shape index (κ3) is 5.99. The van der Waals surface area contributed by atoms with Crippen LogP contribution in [0.25, 0.3) is 112 Å². The van der Waals surface area contributed by atoms with Gasteiger partial charge in [-0.05, 0) is 109 Å².